The van der Waals surface area contributed by atoms with Gasteiger partial charge in [0.2, 0.25) is 0 Å². The van der Waals surface area contributed by atoms with Gasteiger partial charge in [-0.05, 0) is 41.9 Å². The van der Waals surface area contributed by atoms with Gasteiger partial charge in [-0.1, -0.05) is 31.2 Å². The van der Waals surface area contributed by atoms with Crippen LogP contribution in [-0.4, -0.2) is 42.7 Å². The lowest BCUT2D eigenvalue weighted by Gasteiger charge is -2.35. The molecule has 1 aliphatic heterocycles. The molecule has 2 N–H and O–H groups in total. The lowest BCUT2D eigenvalue weighted by atomic mass is 10.1. The topological polar surface area (TPSA) is 38.7 Å². The second-order valence-electron chi connectivity index (χ2n) is 6.36. The highest BCUT2D eigenvalue weighted by Crippen LogP contribution is 2.17. The number of aromatic hydroxyl groups is 1. The molecule has 1 saturated heterocycles. The third-order valence-electron chi connectivity index (χ3n) is 4.69. The maximum atomic E-state index is 9.48. The minimum atomic E-state index is 0.321. The number of nitrogens with zero attached hydrogens (tertiary/aromatic N) is 2. The van der Waals surface area contributed by atoms with Crippen molar-refractivity contribution in [3.05, 3.63) is 59.7 Å². The fourth-order valence-corrected chi connectivity index (χ4v) is 3.16. The van der Waals surface area contributed by atoms with Crippen LogP contribution < -0.4 is 10.2 Å². The quantitative estimate of drug-likeness (QED) is 0.857. The van der Waals surface area contributed by atoms with Gasteiger partial charge < -0.3 is 20.2 Å². The van der Waals surface area contributed by atoms with Crippen molar-refractivity contribution in [3.8, 4) is 5.75 Å². The van der Waals surface area contributed by atoms with Crippen LogP contribution in [0.5, 0.6) is 5.75 Å². The van der Waals surface area contributed by atoms with E-state index < -0.39 is 0 Å². The van der Waals surface area contributed by atoms with E-state index in [1.165, 1.54) is 11.3 Å². The maximum Gasteiger partial charge on any atom is 0.115 e. The zero-order valence-electron chi connectivity index (χ0n) is 14.4. The van der Waals surface area contributed by atoms with Gasteiger partial charge in [0.1, 0.15) is 5.75 Å². The van der Waals surface area contributed by atoms with E-state index in [1.54, 1.807) is 12.1 Å². The Hall–Kier alpha value is -2.04. The Labute approximate surface area is 144 Å². The van der Waals surface area contributed by atoms with Crippen molar-refractivity contribution in [1.29, 1.82) is 0 Å². The van der Waals surface area contributed by atoms with Crippen LogP contribution >= 0.6 is 0 Å². The normalized spacial score (nSPS) is 15.6. The molecular formula is C20H27N3O. The molecule has 0 radical (unpaired) electrons. The van der Waals surface area contributed by atoms with Gasteiger partial charge in [-0.3, -0.25) is 0 Å². The predicted octanol–water partition coefficient (Wildman–Crippen LogP) is 2.82. The van der Waals surface area contributed by atoms with E-state index in [-0.39, 0.29) is 0 Å². The maximum absolute atomic E-state index is 9.48. The summed E-state index contributed by atoms with van der Waals surface area (Å²) in [5.41, 5.74) is 3.70. The molecule has 4 nitrogen and oxygen atoms in total. The summed E-state index contributed by atoms with van der Waals surface area (Å²) in [6.45, 7) is 9.51. The summed E-state index contributed by atoms with van der Waals surface area (Å²) in [7, 11) is 0. The Kier molecular flexibility index (Phi) is 5.72. The van der Waals surface area contributed by atoms with E-state index in [0.29, 0.717) is 5.75 Å². The van der Waals surface area contributed by atoms with Crippen molar-refractivity contribution in [2.24, 2.45) is 0 Å². The molecule has 2 aromatic rings. The molecule has 128 valence electrons. The number of likely N-dealkylation sites (N-methyl/N-ethyl adjacent to an activating group) is 1. The van der Waals surface area contributed by atoms with Crippen LogP contribution in [0.25, 0.3) is 0 Å². The lowest BCUT2D eigenvalue weighted by Crippen LogP contribution is -2.46. The van der Waals surface area contributed by atoms with Crippen molar-refractivity contribution in [3.63, 3.8) is 0 Å². The fourth-order valence-electron chi connectivity index (χ4n) is 3.16. The van der Waals surface area contributed by atoms with Gasteiger partial charge in [-0.25, -0.2) is 0 Å². The zero-order chi connectivity index (χ0) is 16.8. The van der Waals surface area contributed by atoms with Crippen LogP contribution in [0.3, 0.4) is 0 Å². The second kappa shape index (κ2) is 8.18. The number of hydrogen-bond acceptors (Lipinski definition) is 4. The Morgan fingerprint density at radius 3 is 2.29 bits per heavy atom. The summed E-state index contributed by atoms with van der Waals surface area (Å²) in [6, 6.07) is 16.3. The van der Waals surface area contributed by atoms with Crippen molar-refractivity contribution in [2.45, 2.75) is 20.0 Å². The first-order valence-electron chi connectivity index (χ1n) is 8.79. The van der Waals surface area contributed by atoms with Gasteiger partial charge in [0.15, 0.2) is 0 Å². The van der Waals surface area contributed by atoms with E-state index in [0.717, 1.165) is 51.4 Å². The van der Waals surface area contributed by atoms with Crippen molar-refractivity contribution < 1.29 is 5.11 Å². The monoisotopic (exact) mass is 325 g/mol. The van der Waals surface area contributed by atoms with Crippen LogP contribution in [0.2, 0.25) is 0 Å². The first-order valence-corrected chi connectivity index (χ1v) is 8.79. The van der Waals surface area contributed by atoms with E-state index >= 15 is 0 Å². The molecule has 3 rings (SSSR count). The lowest BCUT2D eigenvalue weighted by molar-refractivity contribution is 0.271. The molecule has 0 saturated carbocycles. The number of anilines is 1. The van der Waals surface area contributed by atoms with Gasteiger partial charge >= 0.3 is 0 Å². The van der Waals surface area contributed by atoms with Crippen LogP contribution in [0, 0.1) is 0 Å². The van der Waals surface area contributed by atoms with E-state index in [9.17, 15) is 5.11 Å². The van der Waals surface area contributed by atoms with Crippen molar-refractivity contribution >= 4 is 5.69 Å². The van der Waals surface area contributed by atoms with Gasteiger partial charge in [0.05, 0.1) is 0 Å². The van der Waals surface area contributed by atoms with Gasteiger partial charge in [-0.15, -0.1) is 0 Å². The molecule has 24 heavy (non-hydrogen) atoms. The Bertz CT molecular complexity index is 634. The molecule has 2 aromatic carbocycles. The van der Waals surface area contributed by atoms with E-state index in [4.69, 9.17) is 0 Å². The largest absolute Gasteiger partial charge is 0.508 e. The minimum absolute atomic E-state index is 0.321. The number of nitrogens with one attached hydrogen (secondary N) is 1. The second-order valence-corrected chi connectivity index (χ2v) is 6.36. The number of phenols is 1. The third-order valence-corrected chi connectivity index (χ3v) is 4.69. The molecule has 1 aliphatic rings. The van der Waals surface area contributed by atoms with E-state index in [1.807, 2.05) is 12.1 Å². The molecule has 1 heterocycles. The number of rotatable bonds is 6. The predicted molar refractivity (Wildman–Crippen MR) is 99.4 cm³/mol. The average Bonchev–Trinajstić information content (AvgIpc) is 2.63. The number of hydrogen-bond donors (Lipinski definition) is 2. The van der Waals surface area contributed by atoms with Gasteiger partial charge in [-0.2, -0.15) is 0 Å². The van der Waals surface area contributed by atoms with Gasteiger partial charge in [0.25, 0.3) is 0 Å². The highest BCUT2D eigenvalue weighted by Gasteiger charge is 2.15. The number of benzene rings is 2. The SMILES string of the molecule is CCN1CCN(c2ccc(CNCc3cccc(O)c3)cc2)CC1. The number of phenolic OH excluding ortho intramolecular Hbond substituents is 1. The van der Waals surface area contributed by atoms with Gasteiger partial charge in [0, 0.05) is 45.0 Å². The van der Waals surface area contributed by atoms with Crippen molar-refractivity contribution in [2.75, 3.05) is 37.6 Å². The van der Waals surface area contributed by atoms with Crippen LogP contribution in [0.15, 0.2) is 48.5 Å². The third kappa shape index (κ3) is 4.49. The molecular weight excluding hydrogens is 298 g/mol. The summed E-state index contributed by atoms with van der Waals surface area (Å²) in [6.07, 6.45) is 0. The summed E-state index contributed by atoms with van der Waals surface area (Å²) in [5, 5.41) is 12.9. The Morgan fingerprint density at radius 2 is 1.62 bits per heavy atom. The summed E-state index contributed by atoms with van der Waals surface area (Å²) >= 11 is 0. The molecule has 0 aromatic heterocycles. The molecule has 0 bridgehead atoms. The molecule has 0 aliphatic carbocycles. The molecule has 0 unspecified atom stereocenters. The molecule has 0 atom stereocenters. The van der Waals surface area contributed by atoms with Crippen molar-refractivity contribution in [1.82, 2.24) is 10.2 Å². The van der Waals surface area contributed by atoms with E-state index in [2.05, 4.69) is 46.3 Å². The first-order chi connectivity index (χ1) is 11.7. The highest BCUT2D eigenvalue weighted by molar-refractivity contribution is 5.48. The average molecular weight is 325 g/mol. The highest BCUT2D eigenvalue weighted by atomic mass is 16.3. The Morgan fingerprint density at radius 1 is 0.917 bits per heavy atom. The molecule has 1 fully saturated rings. The minimum Gasteiger partial charge on any atom is -0.508 e. The Balaban J connectivity index is 1.48. The first kappa shape index (κ1) is 16.8. The summed E-state index contributed by atoms with van der Waals surface area (Å²) in [5.74, 6) is 0.321. The standard InChI is InChI=1S/C20H27N3O/c1-2-22-10-12-23(13-11-22)19-8-6-17(7-9-19)15-21-16-18-4-3-5-20(24)14-18/h3-9,14,21,24H,2,10-13,15-16H2,1H3. The molecule has 0 spiro atoms. The molecule has 0 amide bonds. The summed E-state index contributed by atoms with van der Waals surface area (Å²) < 4.78 is 0. The molecule has 4 heteroatoms. The van der Waals surface area contributed by atoms with Crippen LogP contribution in [-0.2, 0) is 13.1 Å². The fraction of sp³-hybridized carbons (Fsp3) is 0.400. The smallest absolute Gasteiger partial charge is 0.115 e. The zero-order valence-corrected chi connectivity index (χ0v) is 14.4. The van der Waals surface area contributed by atoms with Crippen LogP contribution in [0.1, 0.15) is 18.1 Å². The summed E-state index contributed by atoms with van der Waals surface area (Å²) in [4.78, 5) is 4.96. The number of piperazine rings is 1. The van der Waals surface area contributed by atoms with Crippen LogP contribution in [0.4, 0.5) is 5.69 Å².